The molecule has 0 radical (unpaired) electrons. The molecule has 0 saturated heterocycles. The molecule has 0 fully saturated rings. The number of nitro benzene ring substituents is 1. The molecule has 0 atom stereocenters. The van der Waals surface area contributed by atoms with Gasteiger partial charge in [0.25, 0.3) is 11.6 Å². The number of pyridine rings is 1. The lowest BCUT2D eigenvalue weighted by atomic mass is 10.0. The molecule has 29 heavy (non-hydrogen) atoms. The molecule has 0 aliphatic heterocycles. The van der Waals surface area contributed by atoms with Crippen molar-refractivity contribution in [1.82, 2.24) is 0 Å². The summed E-state index contributed by atoms with van der Waals surface area (Å²) in [5, 5.41) is 13.7. The zero-order valence-corrected chi connectivity index (χ0v) is 16.3. The second-order valence-corrected chi connectivity index (χ2v) is 6.21. The Hall–Kier alpha value is -3.58. The zero-order valence-electron chi connectivity index (χ0n) is 15.5. The molecule has 2 aromatic carbocycles. The fraction of sp³-hybridized carbons (Fsp3) is 0.0952. The Morgan fingerprint density at radius 1 is 0.966 bits per heavy atom. The molecule has 1 amide bonds. The van der Waals surface area contributed by atoms with Crippen LogP contribution in [0.25, 0.3) is 0 Å². The molecule has 3 rings (SSSR count). The van der Waals surface area contributed by atoms with Crippen LogP contribution < -0.4 is 22.3 Å². The molecule has 0 aliphatic rings. The van der Waals surface area contributed by atoms with Crippen molar-refractivity contribution in [3.8, 4) is 0 Å². The third kappa shape index (κ3) is 5.24. The first-order valence-electron chi connectivity index (χ1n) is 8.58. The topological polar surface area (TPSA) is 93.2 Å². The third-order valence-corrected chi connectivity index (χ3v) is 4.29. The fourth-order valence-corrected chi connectivity index (χ4v) is 2.78. The molecule has 0 spiro atoms. The average molecular weight is 412 g/mol. The first kappa shape index (κ1) is 21.7. The number of hydrogen-bond donors (Lipinski definition) is 1. The van der Waals surface area contributed by atoms with Gasteiger partial charge < -0.3 is 17.7 Å². The molecular weight excluding hydrogens is 394 g/mol. The van der Waals surface area contributed by atoms with E-state index in [0.717, 1.165) is 0 Å². The predicted molar refractivity (Wildman–Crippen MR) is 103 cm³/mol. The molecule has 1 heterocycles. The highest BCUT2D eigenvalue weighted by molar-refractivity contribution is 6.08. The van der Waals surface area contributed by atoms with E-state index in [9.17, 15) is 19.7 Å². The van der Waals surface area contributed by atoms with E-state index >= 15 is 0 Å². The molecule has 1 N–H and O–H groups in total. The lowest BCUT2D eigenvalue weighted by Crippen LogP contribution is -3.00. The van der Waals surface area contributed by atoms with Crippen molar-refractivity contribution in [3.63, 3.8) is 0 Å². The zero-order chi connectivity index (χ0) is 20.1. The van der Waals surface area contributed by atoms with E-state index < -0.39 is 4.92 Å². The first-order chi connectivity index (χ1) is 13.5. The van der Waals surface area contributed by atoms with Crippen LogP contribution in [0, 0.1) is 17.0 Å². The van der Waals surface area contributed by atoms with E-state index in [2.05, 4.69) is 5.32 Å². The highest BCUT2D eigenvalue weighted by Gasteiger charge is 2.17. The fourth-order valence-electron chi connectivity index (χ4n) is 2.78. The average Bonchev–Trinajstić information content (AvgIpc) is 2.70. The Morgan fingerprint density at radius 2 is 1.59 bits per heavy atom. The molecule has 0 bridgehead atoms. The number of nitro groups is 1. The van der Waals surface area contributed by atoms with Gasteiger partial charge in [-0.2, -0.15) is 4.57 Å². The number of carbonyl (C=O) groups is 2. The maximum Gasteiger partial charge on any atom is 0.290 e. The largest absolute Gasteiger partial charge is 1.00 e. The first-order valence-corrected chi connectivity index (χ1v) is 8.58. The van der Waals surface area contributed by atoms with E-state index in [1.165, 1.54) is 12.1 Å². The van der Waals surface area contributed by atoms with Crippen LogP contribution in [0.2, 0.25) is 0 Å². The van der Waals surface area contributed by atoms with Gasteiger partial charge in [0.05, 0.1) is 16.2 Å². The van der Waals surface area contributed by atoms with Gasteiger partial charge in [-0.05, 0) is 13.0 Å². The Labute approximate surface area is 173 Å². The van der Waals surface area contributed by atoms with Crippen LogP contribution >= 0.6 is 0 Å². The number of rotatable bonds is 6. The lowest BCUT2D eigenvalue weighted by molar-refractivity contribution is -0.684. The second kappa shape index (κ2) is 9.57. The molecule has 1 aromatic heterocycles. The summed E-state index contributed by atoms with van der Waals surface area (Å²) in [6.45, 7) is 1.60. The summed E-state index contributed by atoms with van der Waals surface area (Å²) in [7, 11) is 0. The van der Waals surface area contributed by atoms with E-state index in [0.29, 0.717) is 22.4 Å². The Kier molecular flexibility index (Phi) is 7.16. The van der Waals surface area contributed by atoms with Crippen molar-refractivity contribution in [2.24, 2.45) is 0 Å². The van der Waals surface area contributed by atoms with Gasteiger partial charge in [0, 0.05) is 29.3 Å². The number of aromatic nitrogens is 1. The van der Waals surface area contributed by atoms with Crippen LogP contribution in [0.3, 0.4) is 0 Å². The van der Waals surface area contributed by atoms with E-state index in [1.807, 2.05) is 6.07 Å². The molecule has 0 aliphatic carbocycles. The van der Waals surface area contributed by atoms with Crippen molar-refractivity contribution < 1.29 is 31.5 Å². The number of ketones is 1. The van der Waals surface area contributed by atoms with Crippen molar-refractivity contribution in [2.75, 3.05) is 5.32 Å². The van der Waals surface area contributed by atoms with Crippen molar-refractivity contribution in [3.05, 3.63) is 99.9 Å². The number of hydrogen-bond acceptors (Lipinski definition) is 4. The highest BCUT2D eigenvalue weighted by Crippen LogP contribution is 2.24. The quantitative estimate of drug-likeness (QED) is 0.269. The molecule has 148 valence electrons. The number of amides is 1. The summed E-state index contributed by atoms with van der Waals surface area (Å²) in [6, 6.07) is 16.8. The van der Waals surface area contributed by atoms with Crippen molar-refractivity contribution in [2.45, 2.75) is 13.5 Å². The summed E-state index contributed by atoms with van der Waals surface area (Å²) >= 11 is 0. The minimum Gasteiger partial charge on any atom is -1.00 e. The number of nitrogens with zero attached hydrogens (tertiary/aromatic N) is 2. The van der Waals surface area contributed by atoms with Crippen LogP contribution in [0.15, 0.2) is 73.1 Å². The smallest absolute Gasteiger partial charge is 0.290 e. The number of halogens is 1. The number of carbonyl (C=O) groups excluding carboxylic acids is 2. The van der Waals surface area contributed by atoms with Gasteiger partial charge in [-0.15, -0.1) is 0 Å². The molecule has 0 saturated carbocycles. The molecule has 7 nitrogen and oxygen atoms in total. The lowest BCUT2D eigenvalue weighted by Gasteiger charge is -2.07. The number of anilines is 1. The Morgan fingerprint density at radius 3 is 2.21 bits per heavy atom. The Bertz CT molecular complexity index is 1040. The SMILES string of the molecule is Cc1c(NC(=O)C[n+]2ccc(C(=O)c3ccccc3)cc2)cccc1[N+](=O)[O-].[Cl-]. The predicted octanol–water partition coefficient (Wildman–Crippen LogP) is 0.0644. The third-order valence-electron chi connectivity index (χ3n) is 4.29. The summed E-state index contributed by atoms with van der Waals surface area (Å²) < 4.78 is 1.63. The summed E-state index contributed by atoms with van der Waals surface area (Å²) in [5.74, 6) is -0.417. The van der Waals surface area contributed by atoms with Crippen LogP contribution in [0.5, 0.6) is 0 Å². The minimum absolute atomic E-state index is 0. The second-order valence-electron chi connectivity index (χ2n) is 6.21. The molecule has 8 heteroatoms. The van der Waals surface area contributed by atoms with Gasteiger partial charge in [-0.25, -0.2) is 0 Å². The van der Waals surface area contributed by atoms with Crippen LogP contribution in [-0.4, -0.2) is 16.6 Å². The Balaban J connectivity index is 0.00000300. The normalized spacial score (nSPS) is 9.97. The van der Waals surface area contributed by atoms with E-state index in [-0.39, 0.29) is 36.3 Å². The molecular formula is C21H18ClN3O4. The monoisotopic (exact) mass is 411 g/mol. The van der Waals surface area contributed by atoms with Gasteiger partial charge in [0.2, 0.25) is 6.54 Å². The van der Waals surface area contributed by atoms with Gasteiger partial charge >= 0.3 is 0 Å². The van der Waals surface area contributed by atoms with Crippen molar-refractivity contribution in [1.29, 1.82) is 0 Å². The van der Waals surface area contributed by atoms with Gasteiger partial charge in [0.1, 0.15) is 0 Å². The van der Waals surface area contributed by atoms with Gasteiger partial charge in [-0.1, -0.05) is 36.4 Å². The highest BCUT2D eigenvalue weighted by atomic mass is 35.5. The standard InChI is InChI=1S/C21H17N3O4.ClH/c1-15-18(8-5-9-19(15)24(27)28)22-20(25)14-23-12-10-17(11-13-23)21(26)16-6-3-2-4-7-16;/h2-13H,14H2,1H3;1H. The van der Waals surface area contributed by atoms with Crippen molar-refractivity contribution >= 4 is 23.1 Å². The van der Waals surface area contributed by atoms with E-state index in [1.54, 1.807) is 66.3 Å². The van der Waals surface area contributed by atoms with Gasteiger partial charge in [0.15, 0.2) is 18.2 Å². The van der Waals surface area contributed by atoms with Crippen LogP contribution in [0.4, 0.5) is 11.4 Å². The minimum atomic E-state index is -0.484. The van der Waals surface area contributed by atoms with Crippen LogP contribution in [-0.2, 0) is 11.3 Å². The summed E-state index contributed by atoms with van der Waals surface area (Å²) in [6.07, 6.45) is 3.30. The van der Waals surface area contributed by atoms with Gasteiger partial charge in [-0.3, -0.25) is 19.7 Å². The maximum atomic E-state index is 12.4. The summed E-state index contributed by atoms with van der Waals surface area (Å²) in [4.78, 5) is 35.2. The number of benzene rings is 2. The molecule has 0 unspecified atom stereocenters. The maximum absolute atomic E-state index is 12.4. The molecule has 3 aromatic rings. The number of nitrogens with one attached hydrogen (secondary N) is 1. The van der Waals surface area contributed by atoms with E-state index in [4.69, 9.17) is 0 Å². The summed E-state index contributed by atoms with van der Waals surface area (Å²) in [5.41, 5.74) is 1.87. The van der Waals surface area contributed by atoms with Crippen LogP contribution in [0.1, 0.15) is 21.5 Å².